The Hall–Kier alpha value is -1.82. The molecule has 1 aromatic carbocycles. The molecule has 1 heterocycles. The molecule has 0 saturated heterocycles. The van der Waals surface area contributed by atoms with Crippen LogP contribution in [0.15, 0.2) is 34.9 Å². The normalized spacial score (nSPS) is 12.2. The van der Waals surface area contributed by atoms with E-state index in [1.54, 1.807) is 31.2 Å². The Morgan fingerprint density at radius 3 is 2.90 bits per heavy atom. The number of aryl methyl sites for hydroxylation is 1. The van der Waals surface area contributed by atoms with Gasteiger partial charge in [-0.1, -0.05) is 23.4 Å². The van der Waals surface area contributed by atoms with Gasteiger partial charge in [0.05, 0.1) is 5.75 Å². The number of hydrogen-bond acceptors (Lipinski definition) is 4. The van der Waals surface area contributed by atoms with Crippen molar-refractivity contribution in [3.05, 3.63) is 47.5 Å². The first-order valence-corrected chi connectivity index (χ1v) is 7.20. The van der Waals surface area contributed by atoms with Gasteiger partial charge in [0.25, 0.3) is 0 Å². The van der Waals surface area contributed by atoms with Crippen molar-refractivity contribution in [1.82, 2.24) is 5.16 Å². The van der Waals surface area contributed by atoms with E-state index in [2.05, 4.69) is 10.5 Å². The summed E-state index contributed by atoms with van der Waals surface area (Å²) in [6, 6.07) is 8.23. The van der Waals surface area contributed by atoms with Gasteiger partial charge in [0.2, 0.25) is 5.91 Å². The first-order valence-electron chi connectivity index (χ1n) is 6.15. The number of nitrogens with zero attached hydrogens (tertiary/aromatic N) is 1. The molecule has 0 fully saturated rings. The summed E-state index contributed by atoms with van der Waals surface area (Å²) < 4.78 is 18.4. The van der Waals surface area contributed by atoms with Gasteiger partial charge in [-0.2, -0.15) is 0 Å². The Morgan fingerprint density at radius 2 is 2.25 bits per heavy atom. The van der Waals surface area contributed by atoms with Crippen molar-refractivity contribution in [2.24, 2.45) is 0 Å². The molecule has 0 bridgehead atoms. The minimum absolute atomic E-state index is 0.0963. The summed E-state index contributed by atoms with van der Waals surface area (Å²) in [6.07, 6.45) is 0. The van der Waals surface area contributed by atoms with Crippen molar-refractivity contribution in [2.45, 2.75) is 19.1 Å². The summed E-state index contributed by atoms with van der Waals surface area (Å²) in [5, 5.41) is 6.21. The van der Waals surface area contributed by atoms with E-state index in [1.807, 2.05) is 6.92 Å². The quantitative estimate of drug-likeness (QED) is 0.916. The van der Waals surface area contributed by atoms with Crippen LogP contribution in [0.1, 0.15) is 23.5 Å². The smallest absolute Gasteiger partial charge is 0.235 e. The van der Waals surface area contributed by atoms with Crippen LogP contribution in [0.2, 0.25) is 0 Å². The number of benzene rings is 1. The minimum atomic E-state index is -0.250. The molecule has 1 unspecified atom stereocenters. The number of aromatic nitrogens is 1. The molecule has 2 aromatic rings. The van der Waals surface area contributed by atoms with Gasteiger partial charge >= 0.3 is 0 Å². The third kappa shape index (κ3) is 3.84. The number of carbonyl (C=O) groups excluding carboxylic acids is 1. The second kappa shape index (κ2) is 6.56. The number of anilines is 1. The standard InChI is InChI=1S/C14H15FN2O2S/c1-9-7-13(17-19-9)16-14(18)8-20-10(2)11-5-3-4-6-12(11)15/h3-7,10H,8H2,1-2H3,(H,16,17,18). The van der Waals surface area contributed by atoms with E-state index in [0.717, 1.165) is 0 Å². The molecular formula is C14H15FN2O2S. The fraction of sp³-hybridized carbons (Fsp3) is 0.286. The molecule has 4 nitrogen and oxygen atoms in total. The number of nitrogens with one attached hydrogen (secondary N) is 1. The number of carbonyl (C=O) groups is 1. The SMILES string of the molecule is Cc1cc(NC(=O)CSC(C)c2ccccc2F)no1. The van der Waals surface area contributed by atoms with Crippen molar-refractivity contribution >= 4 is 23.5 Å². The van der Waals surface area contributed by atoms with Gasteiger partial charge in [-0.05, 0) is 19.9 Å². The monoisotopic (exact) mass is 294 g/mol. The first-order chi connectivity index (χ1) is 9.56. The van der Waals surface area contributed by atoms with E-state index >= 15 is 0 Å². The lowest BCUT2D eigenvalue weighted by molar-refractivity contribution is -0.113. The Morgan fingerprint density at radius 1 is 1.50 bits per heavy atom. The molecule has 1 N–H and O–H groups in total. The highest BCUT2D eigenvalue weighted by molar-refractivity contribution is 8.00. The van der Waals surface area contributed by atoms with Crippen molar-refractivity contribution in [2.75, 3.05) is 11.1 Å². The molecule has 2 rings (SSSR count). The molecule has 0 aliphatic carbocycles. The van der Waals surface area contributed by atoms with E-state index in [1.165, 1.54) is 17.8 Å². The predicted molar refractivity (Wildman–Crippen MR) is 77.1 cm³/mol. The van der Waals surface area contributed by atoms with Crippen molar-refractivity contribution in [3.8, 4) is 0 Å². The van der Waals surface area contributed by atoms with Crippen LogP contribution in [-0.4, -0.2) is 16.8 Å². The number of thioether (sulfide) groups is 1. The van der Waals surface area contributed by atoms with Crippen LogP contribution in [0.3, 0.4) is 0 Å². The van der Waals surface area contributed by atoms with Crippen molar-refractivity contribution in [3.63, 3.8) is 0 Å². The van der Waals surface area contributed by atoms with Crippen LogP contribution >= 0.6 is 11.8 Å². The molecule has 106 valence electrons. The Labute approximate surface area is 120 Å². The molecule has 1 amide bonds. The van der Waals surface area contributed by atoms with Crippen molar-refractivity contribution < 1.29 is 13.7 Å². The molecule has 0 aliphatic rings. The van der Waals surface area contributed by atoms with Gasteiger partial charge in [-0.15, -0.1) is 11.8 Å². The molecule has 1 aromatic heterocycles. The molecule has 0 aliphatic heterocycles. The first kappa shape index (κ1) is 14.6. The lowest BCUT2D eigenvalue weighted by atomic mass is 10.1. The zero-order valence-corrected chi connectivity index (χ0v) is 12.0. The lowest BCUT2D eigenvalue weighted by Crippen LogP contribution is -2.15. The third-order valence-electron chi connectivity index (χ3n) is 2.70. The molecule has 0 radical (unpaired) electrons. The summed E-state index contributed by atoms with van der Waals surface area (Å²) in [6.45, 7) is 3.62. The largest absolute Gasteiger partial charge is 0.360 e. The van der Waals surface area contributed by atoms with Crippen molar-refractivity contribution in [1.29, 1.82) is 0 Å². The average Bonchev–Trinajstić information content (AvgIpc) is 2.82. The number of halogens is 1. The highest BCUT2D eigenvalue weighted by Crippen LogP contribution is 2.29. The van der Waals surface area contributed by atoms with Gasteiger partial charge in [0.15, 0.2) is 5.82 Å². The zero-order chi connectivity index (χ0) is 14.5. The van der Waals surface area contributed by atoms with Crippen LogP contribution in [0, 0.1) is 12.7 Å². The molecule has 6 heteroatoms. The topological polar surface area (TPSA) is 55.1 Å². The number of hydrogen-bond donors (Lipinski definition) is 1. The van der Waals surface area contributed by atoms with Crippen LogP contribution < -0.4 is 5.32 Å². The Kier molecular flexibility index (Phi) is 4.79. The molecule has 1 atom stereocenters. The summed E-state index contributed by atoms with van der Waals surface area (Å²) in [5.41, 5.74) is 0.600. The van der Waals surface area contributed by atoms with Crippen LogP contribution in [0.5, 0.6) is 0 Å². The number of rotatable bonds is 5. The maximum Gasteiger partial charge on any atom is 0.235 e. The summed E-state index contributed by atoms with van der Waals surface area (Å²) in [5.74, 6) is 0.812. The fourth-order valence-corrected chi connectivity index (χ4v) is 2.54. The molecule has 20 heavy (non-hydrogen) atoms. The van der Waals surface area contributed by atoms with E-state index in [9.17, 15) is 9.18 Å². The zero-order valence-electron chi connectivity index (χ0n) is 11.2. The van der Waals surface area contributed by atoms with Gasteiger partial charge in [-0.3, -0.25) is 4.79 Å². The maximum absolute atomic E-state index is 13.6. The lowest BCUT2D eigenvalue weighted by Gasteiger charge is -2.11. The van der Waals surface area contributed by atoms with E-state index in [0.29, 0.717) is 17.1 Å². The third-order valence-corrected chi connectivity index (χ3v) is 3.89. The number of amides is 1. The van der Waals surface area contributed by atoms with Crippen LogP contribution in [0.4, 0.5) is 10.2 Å². The minimum Gasteiger partial charge on any atom is -0.360 e. The van der Waals surface area contributed by atoms with Gasteiger partial charge < -0.3 is 9.84 Å². The summed E-state index contributed by atoms with van der Waals surface area (Å²) in [7, 11) is 0. The highest BCUT2D eigenvalue weighted by Gasteiger charge is 2.13. The van der Waals surface area contributed by atoms with Crippen LogP contribution in [-0.2, 0) is 4.79 Å². The summed E-state index contributed by atoms with van der Waals surface area (Å²) >= 11 is 1.37. The second-order valence-corrected chi connectivity index (χ2v) is 5.67. The predicted octanol–water partition coefficient (Wildman–Crippen LogP) is 3.56. The van der Waals surface area contributed by atoms with Gasteiger partial charge in [-0.25, -0.2) is 4.39 Å². The van der Waals surface area contributed by atoms with E-state index in [4.69, 9.17) is 4.52 Å². The molecule has 0 saturated carbocycles. The van der Waals surface area contributed by atoms with Gasteiger partial charge in [0, 0.05) is 16.9 Å². The second-order valence-electron chi connectivity index (χ2n) is 4.35. The Balaban J connectivity index is 1.85. The highest BCUT2D eigenvalue weighted by atomic mass is 32.2. The van der Waals surface area contributed by atoms with E-state index < -0.39 is 0 Å². The van der Waals surface area contributed by atoms with E-state index in [-0.39, 0.29) is 22.7 Å². The summed E-state index contributed by atoms with van der Waals surface area (Å²) in [4.78, 5) is 11.7. The fourth-order valence-electron chi connectivity index (χ4n) is 1.70. The maximum atomic E-state index is 13.6. The Bertz CT molecular complexity index is 600. The van der Waals surface area contributed by atoms with Gasteiger partial charge in [0.1, 0.15) is 11.6 Å². The van der Waals surface area contributed by atoms with Crippen LogP contribution in [0.25, 0.3) is 0 Å². The molecule has 0 spiro atoms. The average molecular weight is 294 g/mol. The molecular weight excluding hydrogens is 279 g/mol.